The highest BCUT2D eigenvalue weighted by atomic mass is 35.5. The van der Waals surface area contributed by atoms with Gasteiger partial charge in [-0.3, -0.25) is 18.2 Å². The number of nitrogens with zero attached hydrogens (tertiary/aromatic N) is 5. The molecule has 1 aromatic heterocycles. The van der Waals surface area contributed by atoms with Gasteiger partial charge >= 0.3 is 0 Å². The molecule has 0 bridgehead atoms. The topological polar surface area (TPSA) is 325 Å². The van der Waals surface area contributed by atoms with Crippen LogP contribution in [0.1, 0.15) is 5.82 Å². The Bertz CT molecular complexity index is 3060. The number of phenolic OH excluding ortho intramolecular Hbond substituents is 1. The van der Waals surface area contributed by atoms with E-state index in [4.69, 9.17) is 11.6 Å². The Kier molecular flexibility index (Phi) is 10.2. The summed E-state index contributed by atoms with van der Waals surface area (Å²) in [6.07, 6.45) is 0. The summed E-state index contributed by atoms with van der Waals surface area (Å²) in [7, 11) is -19.7. The number of hydrogen-bond acceptors (Lipinski definition) is 16. The van der Waals surface area contributed by atoms with Gasteiger partial charge in [-0.15, -0.1) is 10.2 Å². The number of nitrogens with one attached hydrogen (secondary N) is 2. The molecular formula is C30H22ClN7O13S4. The van der Waals surface area contributed by atoms with Crippen molar-refractivity contribution in [2.45, 2.75) is 26.1 Å². The van der Waals surface area contributed by atoms with Gasteiger partial charge in [-0.2, -0.15) is 43.6 Å². The van der Waals surface area contributed by atoms with Gasteiger partial charge in [-0.05, 0) is 71.6 Å². The van der Waals surface area contributed by atoms with Crippen LogP contribution >= 0.6 is 11.6 Å². The fraction of sp³-hybridized carbons (Fsp3) is 0.0333. The Labute approximate surface area is 315 Å². The van der Waals surface area contributed by atoms with Crippen molar-refractivity contribution in [2.24, 2.45) is 10.2 Å². The third-order valence-corrected chi connectivity index (χ3v) is 11.3. The van der Waals surface area contributed by atoms with Crippen LogP contribution in [0.2, 0.25) is 5.28 Å². The lowest BCUT2D eigenvalue weighted by Gasteiger charge is -2.12. The SMILES string of the molecule is O=S(=O)(O)c1cccc(Nc2nc(Cl)nc(CNc3ccc4c(O)c(N=Nc5ccc6c(S(=O)(=O)O)cccc6c5S(=O)(=O)O)c(S(=O)(=O)O)cc4c3)n2)c1. The van der Waals surface area contributed by atoms with E-state index in [0.717, 1.165) is 42.5 Å². The molecule has 1 heterocycles. The summed E-state index contributed by atoms with van der Waals surface area (Å²) in [5.74, 6) is -0.818. The van der Waals surface area contributed by atoms with E-state index >= 15 is 0 Å². The third kappa shape index (κ3) is 8.61. The molecule has 286 valence electrons. The first-order valence-corrected chi connectivity index (χ1v) is 20.9. The normalized spacial score (nSPS) is 12.7. The lowest BCUT2D eigenvalue weighted by Crippen LogP contribution is -2.08. The molecule has 20 nitrogen and oxygen atoms in total. The fourth-order valence-electron chi connectivity index (χ4n) is 5.29. The lowest BCUT2D eigenvalue weighted by atomic mass is 10.1. The highest BCUT2D eigenvalue weighted by Gasteiger charge is 2.26. The molecule has 0 saturated carbocycles. The summed E-state index contributed by atoms with van der Waals surface area (Å²) in [6.45, 7) is -0.107. The molecule has 0 saturated heterocycles. The minimum atomic E-state index is -5.19. The maximum absolute atomic E-state index is 12.5. The average molecular weight is 852 g/mol. The van der Waals surface area contributed by atoms with E-state index in [-0.39, 0.29) is 50.3 Å². The van der Waals surface area contributed by atoms with E-state index in [0.29, 0.717) is 5.69 Å². The summed E-state index contributed by atoms with van der Waals surface area (Å²) < 4.78 is 136. The molecule has 0 aliphatic heterocycles. The van der Waals surface area contributed by atoms with Crippen LogP contribution < -0.4 is 10.6 Å². The Hall–Kier alpha value is -5.44. The number of benzene rings is 5. The zero-order valence-corrected chi connectivity index (χ0v) is 31.0. The maximum Gasteiger partial charge on any atom is 0.297 e. The van der Waals surface area contributed by atoms with Gasteiger partial charge in [0.1, 0.15) is 26.1 Å². The molecule has 0 radical (unpaired) electrons. The molecule has 6 rings (SSSR count). The van der Waals surface area contributed by atoms with Crippen LogP contribution in [0.25, 0.3) is 21.5 Å². The largest absolute Gasteiger partial charge is 0.505 e. The van der Waals surface area contributed by atoms with E-state index in [1.54, 1.807) is 0 Å². The van der Waals surface area contributed by atoms with Crippen molar-refractivity contribution in [3.05, 3.63) is 90.0 Å². The van der Waals surface area contributed by atoms with Crippen LogP contribution in [0.15, 0.2) is 109 Å². The Morgan fingerprint density at radius 3 is 2.00 bits per heavy atom. The Balaban J connectivity index is 1.33. The minimum Gasteiger partial charge on any atom is -0.505 e. The number of aromatic hydroxyl groups is 1. The number of rotatable bonds is 11. The first-order valence-electron chi connectivity index (χ1n) is 14.8. The van der Waals surface area contributed by atoms with Gasteiger partial charge in [0, 0.05) is 27.5 Å². The predicted octanol–water partition coefficient (Wildman–Crippen LogP) is 5.29. The van der Waals surface area contributed by atoms with Crippen molar-refractivity contribution in [1.29, 1.82) is 0 Å². The van der Waals surface area contributed by atoms with E-state index < -0.39 is 77.7 Å². The number of phenols is 1. The molecule has 0 atom stereocenters. The third-order valence-electron chi connectivity index (χ3n) is 7.57. The molecule has 0 aliphatic rings. The standard InChI is InChI=1S/C30H22ClN7O13S4/c31-29-34-25(35-30(36-29)33-17-3-1-4-18(13-17)52(40,41)42)14-32-16-7-8-19-15(11-16)12-24(54(46,47)48)26(27(19)39)38-37-22-10-9-20-21(28(22)55(49,50)51)5-2-6-23(20)53(43,44)45/h1-13,32,39H,14H2,(H,40,41,42)(H,43,44,45)(H,46,47,48)(H,49,50,51)(H,33,34,35,36). The van der Waals surface area contributed by atoms with Crippen LogP contribution in [0, 0.1) is 0 Å². The van der Waals surface area contributed by atoms with Crippen molar-refractivity contribution >= 4 is 102 Å². The second kappa shape index (κ2) is 14.3. The van der Waals surface area contributed by atoms with Crippen LogP contribution in [-0.2, 0) is 47.0 Å². The smallest absolute Gasteiger partial charge is 0.297 e. The summed E-state index contributed by atoms with van der Waals surface area (Å²) in [4.78, 5) is 9.18. The maximum atomic E-state index is 12.5. The highest BCUT2D eigenvalue weighted by molar-refractivity contribution is 7.87. The molecule has 7 N–H and O–H groups in total. The molecule has 0 amide bonds. The molecule has 0 fully saturated rings. The number of azo groups is 1. The minimum absolute atomic E-state index is 0.0139. The second-order valence-corrected chi connectivity index (χ2v) is 17.1. The number of anilines is 3. The zero-order chi connectivity index (χ0) is 40.1. The molecule has 55 heavy (non-hydrogen) atoms. The highest BCUT2D eigenvalue weighted by Crippen LogP contribution is 2.43. The molecule has 0 spiro atoms. The van der Waals surface area contributed by atoms with Crippen molar-refractivity contribution in [2.75, 3.05) is 10.6 Å². The second-order valence-electron chi connectivity index (χ2n) is 11.2. The number of hydrogen-bond donors (Lipinski definition) is 7. The van der Waals surface area contributed by atoms with Crippen molar-refractivity contribution in [1.82, 2.24) is 15.0 Å². The van der Waals surface area contributed by atoms with Crippen LogP contribution in [-0.4, -0.2) is 71.9 Å². The number of fused-ring (bicyclic) bond motifs is 2. The fourth-order valence-corrected chi connectivity index (χ4v) is 8.19. The average Bonchev–Trinajstić information content (AvgIpc) is 3.07. The van der Waals surface area contributed by atoms with Gasteiger partial charge in [0.05, 0.1) is 11.4 Å². The monoisotopic (exact) mass is 851 g/mol. The molecular weight excluding hydrogens is 830 g/mol. The Morgan fingerprint density at radius 2 is 1.33 bits per heavy atom. The summed E-state index contributed by atoms with van der Waals surface area (Å²) >= 11 is 6.05. The first kappa shape index (κ1) is 39.3. The van der Waals surface area contributed by atoms with Crippen molar-refractivity contribution in [3.8, 4) is 5.75 Å². The van der Waals surface area contributed by atoms with Crippen LogP contribution in [0.3, 0.4) is 0 Å². The predicted molar refractivity (Wildman–Crippen MR) is 195 cm³/mol. The molecule has 0 unspecified atom stereocenters. The number of aromatic nitrogens is 3. The molecule has 25 heteroatoms. The quantitative estimate of drug-likeness (QED) is 0.0642. The van der Waals surface area contributed by atoms with Gasteiger partial charge in [0.2, 0.25) is 11.2 Å². The lowest BCUT2D eigenvalue weighted by molar-refractivity contribution is 0.472. The summed E-state index contributed by atoms with van der Waals surface area (Å²) in [6, 6.07) is 15.4. The first-order chi connectivity index (χ1) is 25.6. The van der Waals surface area contributed by atoms with E-state index in [1.165, 1.54) is 36.4 Å². The van der Waals surface area contributed by atoms with Gasteiger partial charge < -0.3 is 15.7 Å². The van der Waals surface area contributed by atoms with Gasteiger partial charge in [0.25, 0.3) is 40.5 Å². The molecule has 0 aliphatic carbocycles. The van der Waals surface area contributed by atoms with Crippen LogP contribution in [0.4, 0.5) is 28.7 Å². The van der Waals surface area contributed by atoms with E-state index in [2.05, 4.69) is 35.8 Å². The van der Waals surface area contributed by atoms with Gasteiger partial charge in [0.15, 0.2) is 11.6 Å². The van der Waals surface area contributed by atoms with Gasteiger partial charge in [-0.1, -0.05) is 24.3 Å². The number of halogens is 1. The van der Waals surface area contributed by atoms with Crippen molar-refractivity contribution < 1.29 is 57.0 Å². The van der Waals surface area contributed by atoms with Crippen molar-refractivity contribution in [3.63, 3.8) is 0 Å². The van der Waals surface area contributed by atoms with Crippen LogP contribution in [0.5, 0.6) is 5.75 Å². The van der Waals surface area contributed by atoms with Gasteiger partial charge in [-0.25, -0.2) is 4.98 Å². The summed E-state index contributed by atoms with van der Waals surface area (Å²) in [5, 5.41) is 23.4. The Morgan fingerprint density at radius 1 is 0.636 bits per heavy atom. The zero-order valence-electron chi connectivity index (χ0n) is 27.0. The molecule has 5 aromatic carbocycles. The summed E-state index contributed by atoms with van der Waals surface area (Å²) in [5.41, 5.74) is -0.950. The van der Waals surface area contributed by atoms with E-state index in [9.17, 15) is 57.0 Å². The molecule has 6 aromatic rings. The van der Waals surface area contributed by atoms with E-state index in [1.807, 2.05) is 0 Å².